The Morgan fingerprint density at radius 3 is 2.38 bits per heavy atom. The summed E-state index contributed by atoms with van der Waals surface area (Å²) >= 11 is 4.88. The van der Waals surface area contributed by atoms with Gasteiger partial charge in [-0.15, -0.1) is 11.3 Å². The molecular weight excluding hydrogens is 303 g/mol. The van der Waals surface area contributed by atoms with Crippen LogP contribution >= 0.6 is 27.3 Å². The monoisotopic (exact) mass is 315 g/mol. The Hall–Kier alpha value is -0.0700. The molecule has 1 nitrogen and oxygen atoms in total. The summed E-state index contributed by atoms with van der Waals surface area (Å²) in [6, 6.07) is 1.94. The molecule has 0 spiro atoms. The van der Waals surface area contributed by atoms with Crippen molar-refractivity contribution in [1.29, 1.82) is 0 Å². The molecule has 0 saturated heterocycles. The second-order valence-corrected chi connectivity index (χ2v) is 6.06. The van der Waals surface area contributed by atoms with Crippen molar-refractivity contribution >= 4 is 27.3 Å². The molecule has 1 aromatic heterocycles. The van der Waals surface area contributed by atoms with E-state index in [1.54, 1.807) is 11.3 Å². The predicted octanol–water partition coefficient (Wildman–Crippen LogP) is 3.94. The molecule has 16 heavy (non-hydrogen) atoms. The second kappa shape index (κ2) is 5.06. The summed E-state index contributed by atoms with van der Waals surface area (Å²) in [7, 11) is 0. The molecule has 0 aliphatic carbocycles. The summed E-state index contributed by atoms with van der Waals surface area (Å²) in [5.41, 5.74) is -0.290. The van der Waals surface area contributed by atoms with Crippen molar-refractivity contribution in [3.63, 3.8) is 0 Å². The summed E-state index contributed by atoms with van der Waals surface area (Å²) in [5.74, 6) is 0. The Morgan fingerprint density at radius 1 is 1.31 bits per heavy atom. The van der Waals surface area contributed by atoms with E-state index in [4.69, 9.17) is 0 Å². The highest BCUT2D eigenvalue weighted by molar-refractivity contribution is 9.10. The fourth-order valence-corrected chi connectivity index (χ4v) is 2.83. The van der Waals surface area contributed by atoms with E-state index < -0.39 is 12.7 Å². The van der Waals surface area contributed by atoms with Gasteiger partial charge in [0.15, 0.2) is 0 Å². The Balaban J connectivity index is 2.52. The van der Waals surface area contributed by atoms with Gasteiger partial charge in [0.25, 0.3) is 0 Å². The van der Waals surface area contributed by atoms with Crippen LogP contribution in [0.4, 0.5) is 13.2 Å². The van der Waals surface area contributed by atoms with Gasteiger partial charge in [-0.3, -0.25) is 0 Å². The molecule has 1 aromatic rings. The quantitative estimate of drug-likeness (QED) is 0.887. The maximum absolute atomic E-state index is 12.0. The standard InChI is InChI=1S/C10H13BrF3NS/c1-9(2,5-15-6-10(12,13)14)8-3-7(11)4-16-8/h3-4,15H,5-6H2,1-2H3. The Kier molecular flexibility index (Phi) is 4.42. The van der Waals surface area contributed by atoms with Gasteiger partial charge in [0.1, 0.15) is 0 Å². The van der Waals surface area contributed by atoms with Crippen molar-refractivity contribution in [1.82, 2.24) is 5.32 Å². The molecule has 0 aliphatic rings. The number of nitrogens with one attached hydrogen (secondary N) is 1. The lowest BCUT2D eigenvalue weighted by Gasteiger charge is -2.24. The molecule has 0 amide bonds. The van der Waals surface area contributed by atoms with Gasteiger partial charge in [-0.2, -0.15) is 13.2 Å². The van der Waals surface area contributed by atoms with Crippen molar-refractivity contribution < 1.29 is 13.2 Å². The van der Waals surface area contributed by atoms with E-state index in [2.05, 4.69) is 21.2 Å². The number of halogens is 4. The molecule has 0 fully saturated rings. The highest BCUT2D eigenvalue weighted by Gasteiger charge is 2.29. The first-order chi connectivity index (χ1) is 7.21. The highest BCUT2D eigenvalue weighted by atomic mass is 79.9. The zero-order valence-corrected chi connectivity index (χ0v) is 11.4. The van der Waals surface area contributed by atoms with E-state index >= 15 is 0 Å². The first-order valence-electron chi connectivity index (χ1n) is 4.73. The van der Waals surface area contributed by atoms with Gasteiger partial charge in [0.05, 0.1) is 6.54 Å². The summed E-state index contributed by atoms with van der Waals surface area (Å²) < 4.78 is 36.9. The van der Waals surface area contributed by atoms with Crippen molar-refractivity contribution in [3.05, 3.63) is 20.8 Å². The topological polar surface area (TPSA) is 12.0 Å². The summed E-state index contributed by atoms with van der Waals surface area (Å²) in [4.78, 5) is 1.06. The fourth-order valence-electron chi connectivity index (χ4n) is 1.27. The molecule has 1 N–H and O–H groups in total. The van der Waals surface area contributed by atoms with E-state index in [9.17, 15) is 13.2 Å². The molecule has 0 radical (unpaired) electrons. The van der Waals surface area contributed by atoms with E-state index in [1.807, 2.05) is 25.3 Å². The fraction of sp³-hybridized carbons (Fsp3) is 0.600. The van der Waals surface area contributed by atoms with Gasteiger partial charge >= 0.3 is 6.18 Å². The maximum Gasteiger partial charge on any atom is 0.401 e. The molecule has 0 atom stereocenters. The van der Waals surface area contributed by atoms with Crippen LogP contribution in [0.2, 0.25) is 0 Å². The number of alkyl halides is 3. The smallest absolute Gasteiger partial charge is 0.308 e. The van der Waals surface area contributed by atoms with Gasteiger partial charge < -0.3 is 5.32 Å². The maximum atomic E-state index is 12.0. The van der Waals surface area contributed by atoms with Crippen LogP contribution in [0.5, 0.6) is 0 Å². The largest absolute Gasteiger partial charge is 0.401 e. The Morgan fingerprint density at radius 2 is 1.94 bits per heavy atom. The average molecular weight is 316 g/mol. The Labute approximate surface area is 105 Å². The van der Waals surface area contributed by atoms with Crippen LogP contribution in [0.1, 0.15) is 18.7 Å². The highest BCUT2D eigenvalue weighted by Crippen LogP contribution is 2.31. The lowest BCUT2D eigenvalue weighted by molar-refractivity contribution is -0.125. The third-order valence-corrected chi connectivity index (χ3v) is 4.18. The molecule has 0 aliphatic heterocycles. The number of hydrogen-bond donors (Lipinski definition) is 1. The van der Waals surface area contributed by atoms with E-state index in [-0.39, 0.29) is 5.41 Å². The first kappa shape index (κ1) is 14.0. The molecule has 0 aromatic carbocycles. The van der Waals surface area contributed by atoms with Crippen LogP contribution in [0.3, 0.4) is 0 Å². The predicted molar refractivity (Wildman–Crippen MR) is 64.0 cm³/mol. The minimum absolute atomic E-state index is 0.290. The zero-order valence-electron chi connectivity index (χ0n) is 8.99. The van der Waals surface area contributed by atoms with Crippen LogP contribution in [0.25, 0.3) is 0 Å². The van der Waals surface area contributed by atoms with E-state index in [0.717, 1.165) is 9.35 Å². The van der Waals surface area contributed by atoms with Crippen LogP contribution in [0.15, 0.2) is 15.9 Å². The van der Waals surface area contributed by atoms with Crippen LogP contribution in [-0.4, -0.2) is 19.3 Å². The normalized spacial score (nSPS) is 13.1. The number of rotatable bonds is 4. The molecule has 6 heteroatoms. The van der Waals surface area contributed by atoms with Crippen molar-refractivity contribution in [2.75, 3.05) is 13.1 Å². The molecule has 0 unspecified atom stereocenters. The van der Waals surface area contributed by atoms with Crippen molar-refractivity contribution in [3.8, 4) is 0 Å². The SMILES string of the molecule is CC(C)(CNCC(F)(F)F)c1cc(Br)cs1. The lowest BCUT2D eigenvalue weighted by atomic mass is 9.91. The number of hydrogen-bond acceptors (Lipinski definition) is 2. The average Bonchev–Trinajstić information content (AvgIpc) is 2.49. The number of thiophene rings is 1. The van der Waals surface area contributed by atoms with Gasteiger partial charge in [-0.1, -0.05) is 13.8 Å². The molecular formula is C10H13BrF3NS. The van der Waals surface area contributed by atoms with Crippen LogP contribution in [0, 0.1) is 0 Å². The van der Waals surface area contributed by atoms with Gasteiger partial charge in [0.2, 0.25) is 0 Å². The minimum Gasteiger partial charge on any atom is -0.308 e. The van der Waals surface area contributed by atoms with E-state index in [0.29, 0.717) is 6.54 Å². The van der Waals surface area contributed by atoms with Gasteiger partial charge in [-0.05, 0) is 22.0 Å². The second-order valence-electron chi connectivity index (χ2n) is 4.23. The summed E-state index contributed by atoms with van der Waals surface area (Å²) in [6.07, 6.45) is -4.15. The third kappa shape index (κ3) is 4.43. The zero-order chi connectivity index (χ0) is 12.4. The molecule has 0 saturated carbocycles. The van der Waals surface area contributed by atoms with Crippen molar-refractivity contribution in [2.24, 2.45) is 0 Å². The molecule has 1 heterocycles. The summed E-state index contributed by atoms with van der Waals surface area (Å²) in [5, 5.41) is 4.37. The lowest BCUT2D eigenvalue weighted by Crippen LogP contribution is -2.37. The third-order valence-electron chi connectivity index (χ3n) is 2.13. The molecule has 1 rings (SSSR count). The Bertz CT molecular complexity index is 346. The molecule has 92 valence electrons. The minimum atomic E-state index is -4.15. The van der Waals surface area contributed by atoms with Gasteiger partial charge in [0, 0.05) is 26.7 Å². The first-order valence-corrected chi connectivity index (χ1v) is 6.40. The van der Waals surface area contributed by atoms with Crippen LogP contribution in [-0.2, 0) is 5.41 Å². The van der Waals surface area contributed by atoms with E-state index in [1.165, 1.54) is 0 Å². The van der Waals surface area contributed by atoms with Gasteiger partial charge in [-0.25, -0.2) is 0 Å². The molecule has 0 bridgehead atoms. The summed E-state index contributed by atoms with van der Waals surface area (Å²) in [6.45, 7) is 3.21. The van der Waals surface area contributed by atoms with Crippen LogP contribution < -0.4 is 5.32 Å². The van der Waals surface area contributed by atoms with Crippen molar-refractivity contribution in [2.45, 2.75) is 25.4 Å².